The maximum absolute atomic E-state index is 6.48. The van der Waals surface area contributed by atoms with Crippen LogP contribution in [0.1, 0.15) is 22.6 Å². The van der Waals surface area contributed by atoms with Gasteiger partial charge in [0.2, 0.25) is 0 Å². The molecule has 8 aromatic carbocycles. The van der Waals surface area contributed by atoms with E-state index in [1.165, 1.54) is 33.4 Å². The molecule has 4 heteroatoms. The molecule has 0 bridgehead atoms. The van der Waals surface area contributed by atoms with Crippen molar-refractivity contribution in [3.05, 3.63) is 199 Å². The van der Waals surface area contributed by atoms with Gasteiger partial charge in [0, 0.05) is 27.6 Å². The van der Waals surface area contributed by atoms with E-state index < -0.39 is 0 Å². The molecule has 0 fully saturated rings. The van der Waals surface area contributed by atoms with Crippen molar-refractivity contribution in [2.24, 2.45) is 0 Å². The standard InChI is InChI=1S/C50H31NO2S/c1-3-11-31(12-4-1)37-15-7-8-16-38(37)32-19-21-33(22-20-32)47(36-23-25-40-39-17-9-10-18-42(39)53-45(40)30-36)35-24-26-43-41(29-35)48-44(52-43)27-28-46-49(48)51-50(54-46)34-13-5-2-6-14-34/h1-30,47H. The fourth-order valence-electron chi connectivity index (χ4n) is 8.11. The van der Waals surface area contributed by atoms with Gasteiger partial charge in [0.05, 0.1) is 15.6 Å². The van der Waals surface area contributed by atoms with Gasteiger partial charge in [0.1, 0.15) is 27.3 Å². The summed E-state index contributed by atoms with van der Waals surface area (Å²) in [6, 6.07) is 64.6. The van der Waals surface area contributed by atoms with Crippen molar-refractivity contribution in [2.45, 2.75) is 5.92 Å². The van der Waals surface area contributed by atoms with Crippen LogP contribution in [0.4, 0.5) is 0 Å². The minimum Gasteiger partial charge on any atom is -0.456 e. The molecule has 0 amide bonds. The van der Waals surface area contributed by atoms with Crippen molar-refractivity contribution in [2.75, 3.05) is 0 Å². The summed E-state index contributed by atoms with van der Waals surface area (Å²) in [5, 5.41) is 5.39. The summed E-state index contributed by atoms with van der Waals surface area (Å²) in [4.78, 5) is 5.19. The van der Waals surface area contributed by atoms with Crippen LogP contribution >= 0.6 is 11.3 Å². The zero-order valence-corrected chi connectivity index (χ0v) is 29.9. The minimum atomic E-state index is -0.0649. The topological polar surface area (TPSA) is 39.2 Å². The molecule has 0 aliphatic heterocycles. The summed E-state index contributed by atoms with van der Waals surface area (Å²) in [6.07, 6.45) is 0. The summed E-state index contributed by atoms with van der Waals surface area (Å²) in [5.41, 5.74) is 14.0. The molecule has 3 aromatic heterocycles. The zero-order chi connectivity index (χ0) is 35.6. The van der Waals surface area contributed by atoms with Gasteiger partial charge in [0.15, 0.2) is 0 Å². The molecule has 0 spiro atoms. The predicted molar refractivity (Wildman–Crippen MR) is 224 cm³/mol. The van der Waals surface area contributed by atoms with Crippen molar-refractivity contribution in [1.29, 1.82) is 0 Å². The number of hydrogen-bond donors (Lipinski definition) is 0. The largest absolute Gasteiger partial charge is 0.456 e. The van der Waals surface area contributed by atoms with E-state index in [-0.39, 0.29) is 5.92 Å². The summed E-state index contributed by atoms with van der Waals surface area (Å²) in [5.74, 6) is -0.0649. The molecule has 11 aromatic rings. The van der Waals surface area contributed by atoms with Gasteiger partial charge >= 0.3 is 0 Å². The van der Waals surface area contributed by atoms with Crippen molar-refractivity contribution >= 4 is 65.4 Å². The Labute approximate surface area is 315 Å². The Morgan fingerprint density at radius 1 is 0.407 bits per heavy atom. The van der Waals surface area contributed by atoms with Crippen LogP contribution in [0.5, 0.6) is 0 Å². The van der Waals surface area contributed by atoms with Crippen LogP contribution < -0.4 is 0 Å². The molecule has 1 unspecified atom stereocenters. The average Bonchev–Trinajstić information content (AvgIpc) is 3.95. The number of nitrogens with zero attached hydrogens (tertiary/aromatic N) is 1. The molecule has 1 atom stereocenters. The third kappa shape index (κ3) is 5.07. The van der Waals surface area contributed by atoms with E-state index in [2.05, 4.69) is 164 Å². The Kier molecular flexibility index (Phi) is 7.10. The molecular weight excluding hydrogens is 679 g/mol. The fourth-order valence-corrected chi connectivity index (χ4v) is 9.09. The molecule has 0 saturated heterocycles. The van der Waals surface area contributed by atoms with Crippen LogP contribution in [0.3, 0.4) is 0 Å². The van der Waals surface area contributed by atoms with Gasteiger partial charge in [-0.3, -0.25) is 0 Å². The molecule has 3 heterocycles. The normalized spacial score (nSPS) is 12.4. The maximum Gasteiger partial charge on any atom is 0.137 e. The zero-order valence-electron chi connectivity index (χ0n) is 29.1. The third-order valence-corrected chi connectivity index (χ3v) is 11.7. The van der Waals surface area contributed by atoms with Gasteiger partial charge in [-0.1, -0.05) is 146 Å². The first-order chi connectivity index (χ1) is 26.7. The van der Waals surface area contributed by atoms with Crippen LogP contribution in [-0.2, 0) is 0 Å². The lowest BCUT2D eigenvalue weighted by atomic mass is 9.83. The second-order valence-corrected chi connectivity index (χ2v) is 14.9. The van der Waals surface area contributed by atoms with Crippen LogP contribution in [0.2, 0.25) is 0 Å². The van der Waals surface area contributed by atoms with Gasteiger partial charge < -0.3 is 8.83 Å². The van der Waals surface area contributed by atoms with Crippen LogP contribution in [0, 0.1) is 0 Å². The van der Waals surface area contributed by atoms with E-state index in [0.29, 0.717) is 0 Å². The number of benzene rings is 8. The molecule has 11 rings (SSSR count). The quantitative estimate of drug-likeness (QED) is 0.161. The molecule has 254 valence electrons. The number of fused-ring (bicyclic) bond motifs is 8. The number of furan rings is 2. The number of hydrogen-bond acceptors (Lipinski definition) is 4. The fraction of sp³-hybridized carbons (Fsp3) is 0.0200. The summed E-state index contributed by atoms with van der Waals surface area (Å²) in [6.45, 7) is 0. The molecule has 0 radical (unpaired) electrons. The smallest absolute Gasteiger partial charge is 0.137 e. The molecular formula is C50H31NO2S. The average molecular weight is 710 g/mol. The van der Waals surface area contributed by atoms with E-state index >= 15 is 0 Å². The van der Waals surface area contributed by atoms with E-state index in [1.807, 2.05) is 18.2 Å². The highest BCUT2D eigenvalue weighted by Crippen LogP contribution is 2.43. The summed E-state index contributed by atoms with van der Waals surface area (Å²) < 4.78 is 14.0. The van der Waals surface area contributed by atoms with Crippen LogP contribution in [-0.4, -0.2) is 4.98 Å². The van der Waals surface area contributed by atoms with E-state index in [4.69, 9.17) is 13.8 Å². The first-order valence-corrected chi connectivity index (χ1v) is 19.0. The van der Waals surface area contributed by atoms with Crippen molar-refractivity contribution in [3.8, 4) is 32.8 Å². The highest BCUT2D eigenvalue weighted by molar-refractivity contribution is 7.21. The highest BCUT2D eigenvalue weighted by atomic mass is 32.1. The van der Waals surface area contributed by atoms with Crippen molar-refractivity contribution < 1.29 is 8.83 Å². The molecule has 0 N–H and O–H groups in total. The van der Waals surface area contributed by atoms with Crippen molar-refractivity contribution in [1.82, 2.24) is 4.98 Å². The summed E-state index contributed by atoms with van der Waals surface area (Å²) >= 11 is 1.72. The molecule has 0 aliphatic rings. The lowest BCUT2D eigenvalue weighted by Crippen LogP contribution is -2.03. The van der Waals surface area contributed by atoms with Crippen LogP contribution in [0.15, 0.2) is 191 Å². The lowest BCUT2D eigenvalue weighted by Gasteiger charge is -2.20. The third-order valence-electron chi connectivity index (χ3n) is 10.7. The first kappa shape index (κ1) is 30.8. The van der Waals surface area contributed by atoms with E-state index in [0.717, 1.165) is 70.2 Å². The van der Waals surface area contributed by atoms with E-state index in [1.54, 1.807) is 11.3 Å². The Hall–Kier alpha value is -6.75. The molecule has 0 aliphatic carbocycles. The Morgan fingerprint density at radius 2 is 0.981 bits per heavy atom. The minimum absolute atomic E-state index is 0.0649. The number of rotatable bonds is 6. The van der Waals surface area contributed by atoms with Gasteiger partial charge in [0.25, 0.3) is 0 Å². The monoisotopic (exact) mass is 709 g/mol. The summed E-state index contributed by atoms with van der Waals surface area (Å²) in [7, 11) is 0. The number of thiazole rings is 1. The maximum atomic E-state index is 6.48. The SMILES string of the molecule is c1ccc(-c2nc3c(ccc4oc5ccc(C(c6ccc(-c7ccccc7-c7ccccc7)cc6)c6ccc7c(c6)oc6ccccc67)cc5c43)s2)cc1. The molecule has 54 heavy (non-hydrogen) atoms. The molecule has 3 nitrogen and oxygen atoms in total. The Morgan fingerprint density at radius 3 is 1.78 bits per heavy atom. The van der Waals surface area contributed by atoms with Crippen LogP contribution in [0.25, 0.3) is 86.9 Å². The molecule has 0 saturated carbocycles. The number of aromatic nitrogens is 1. The Balaban J connectivity index is 1.09. The second kappa shape index (κ2) is 12.4. The van der Waals surface area contributed by atoms with Crippen molar-refractivity contribution in [3.63, 3.8) is 0 Å². The Bertz CT molecular complexity index is 3150. The van der Waals surface area contributed by atoms with Gasteiger partial charge in [-0.15, -0.1) is 11.3 Å². The van der Waals surface area contributed by atoms with Gasteiger partial charge in [-0.2, -0.15) is 0 Å². The van der Waals surface area contributed by atoms with Gasteiger partial charge in [-0.25, -0.2) is 4.98 Å². The second-order valence-electron chi connectivity index (χ2n) is 13.8. The lowest BCUT2D eigenvalue weighted by molar-refractivity contribution is 0.667. The van der Waals surface area contributed by atoms with Gasteiger partial charge in [-0.05, 0) is 75.3 Å². The highest BCUT2D eigenvalue weighted by Gasteiger charge is 2.22. The number of para-hydroxylation sites is 1. The predicted octanol–water partition coefficient (Wildman–Crippen LogP) is 14.3. The first-order valence-electron chi connectivity index (χ1n) is 18.2. The van der Waals surface area contributed by atoms with E-state index in [9.17, 15) is 0 Å².